The summed E-state index contributed by atoms with van der Waals surface area (Å²) in [6.45, 7) is 4.48. The first-order valence-electron chi connectivity index (χ1n) is 5.58. The van der Waals surface area contributed by atoms with E-state index in [0.29, 0.717) is 5.54 Å². The van der Waals surface area contributed by atoms with Crippen LogP contribution in [-0.2, 0) is 0 Å². The molecule has 1 aliphatic rings. The van der Waals surface area contributed by atoms with Crippen molar-refractivity contribution < 1.29 is 9.59 Å². The average Bonchev–Trinajstić information content (AvgIpc) is 2.57. The van der Waals surface area contributed by atoms with Gasteiger partial charge in [0.25, 0.3) is 0 Å². The van der Waals surface area contributed by atoms with Gasteiger partial charge in [-0.15, -0.1) is 0 Å². The summed E-state index contributed by atoms with van der Waals surface area (Å²) in [6.07, 6.45) is 3.08. The molecule has 0 saturated carbocycles. The summed E-state index contributed by atoms with van der Waals surface area (Å²) in [5.74, 6) is 0. The zero-order chi connectivity index (χ0) is 12.2. The number of nitrogens with zero attached hydrogens (tertiary/aromatic N) is 1. The van der Waals surface area contributed by atoms with Gasteiger partial charge in [0.05, 0.1) is 0 Å². The summed E-state index contributed by atoms with van der Waals surface area (Å²) in [4.78, 5) is 23.3. The van der Waals surface area contributed by atoms with Crippen LogP contribution in [0.1, 0.15) is 26.2 Å². The molecule has 0 aromatic rings. The van der Waals surface area contributed by atoms with Gasteiger partial charge in [-0.25, -0.2) is 4.79 Å². The highest BCUT2D eigenvalue weighted by molar-refractivity contribution is 14.3. The summed E-state index contributed by atoms with van der Waals surface area (Å²) >= 11 is 4.43. The topological polar surface area (TPSA) is 52.6 Å². The summed E-state index contributed by atoms with van der Waals surface area (Å²) in [6, 6.07) is 0.0439. The number of hydrogen-bond donors (Lipinski definition) is 2. The lowest BCUT2D eigenvalue weighted by Gasteiger charge is -2.25. The van der Waals surface area contributed by atoms with E-state index in [9.17, 15) is 9.59 Å². The molecule has 2 amide bonds. The van der Waals surface area contributed by atoms with Crippen LogP contribution in [0.2, 0.25) is 5.54 Å². The number of carbonyl (C=O) groups excluding carboxylic acids is 1. The number of urea groups is 1. The Morgan fingerprint density at radius 2 is 2.25 bits per heavy atom. The maximum absolute atomic E-state index is 11.4. The van der Waals surface area contributed by atoms with Crippen LogP contribution in [0.15, 0.2) is 0 Å². The monoisotopic (exact) mass is 468 g/mol. The zero-order valence-corrected chi connectivity index (χ0v) is 14.7. The second-order valence-electron chi connectivity index (χ2n) is 4.08. The molecule has 4 nitrogen and oxygen atoms in total. The molecule has 1 rings (SSSR count). The van der Waals surface area contributed by atoms with E-state index in [4.69, 9.17) is 0 Å². The first-order valence-corrected chi connectivity index (χ1v) is 13.8. The van der Waals surface area contributed by atoms with E-state index >= 15 is 0 Å². The van der Waals surface area contributed by atoms with Crippen LogP contribution in [0.3, 0.4) is 0 Å². The van der Waals surface area contributed by atoms with Crippen molar-refractivity contribution in [2.24, 2.45) is 0 Å². The third-order valence-electron chi connectivity index (χ3n) is 2.82. The van der Waals surface area contributed by atoms with E-state index in [0.717, 1.165) is 38.9 Å². The number of nitrogens with one attached hydrogen (secondary N) is 1. The molecule has 1 aliphatic heterocycles. The van der Waals surface area contributed by atoms with Crippen LogP contribution in [0.5, 0.6) is 0 Å². The van der Waals surface area contributed by atoms with Crippen LogP contribution < -0.4 is 5.32 Å². The molecular formula is C9H18I2N2O2Si. The predicted molar refractivity (Wildman–Crippen MR) is 84.3 cm³/mol. The minimum absolute atomic E-state index is 0.0439. The molecule has 1 heterocycles. The van der Waals surface area contributed by atoms with Crippen molar-refractivity contribution in [3.8, 4) is 0 Å². The fraction of sp³-hybridized carbons (Fsp3) is 0.889. The highest BCUT2D eigenvalue weighted by Crippen LogP contribution is 2.38. The average molecular weight is 468 g/mol. The lowest BCUT2D eigenvalue weighted by Crippen LogP contribution is -2.33. The summed E-state index contributed by atoms with van der Waals surface area (Å²) < 4.78 is -2.12. The second-order valence-corrected chi connectivity index (χ2v) is 22.1. The SMILES string of the molecule is CCCC(CCN1CCNC1=O)[Si](O)(I)I. The van der Waals surface area contributed by atoms with Crippen molar-refractivity contribution >= 4 is 52.9 Å². The van der Waals surface area contributed by atoms with Crippen molar-refractivity contribution in [3.05, 3.63) is 0 Å². The van der Waals surface area contributed by atoms with Gasteiger partial charge in [-0.3, -0.25) is 0 Å². The minimum atomic E-state index is -2.12. The van der Waals surface area contributed by atoms with Crippen LogP contribution in [0, 0.1) is 0 Å². The van der Waals surface area contributed by atoms with Crippen molar-refractivity contribution in [1.82, 2.24) is 10.2 Å². The Balaban J connectivity index is 2.40. The quantitative estimate of drug-likeness (QED) is 0.358. The van der Waals surface area contributed by atoms with Gasteiger partial charge < -0.3 is 15.0 Å². The number of halogens is 2. The molecule has 2 N–H and O–H groups in total. The van der Waals surface area contributed by atoms with E-state index in [-0.39, 0.29) is 6.03 Å². The Kier molecular flexibility index (Phi) is 6.30. The summed E-state index contributed by atoms with van der Waals surface area (Å²) in [5.41, 5.74) is 0.382. The maximum Gasteiger partial charge on any atom is 0.325 e. The van der Waals surface area contributed by atoms with Crippen molar-refractivity contribution in [2.75, 3.05) is 19.6 Å². The normalized spacial score (nSPS) is 18.8. The van der Waals surface area contributed by atoms with E-state index in [1.807, 2.05) is 4.90 Å². The third kappa shape index (κ3) is 4.65. The number of carbonyl (C=O) groups is 1. The molecule has 16 heavy (non-hydrogen) atoms. The molecule has 0 aromatic heterocycles. The van der Waals surface area contributed by atoms with Crippen LogP contribution in [0.25, 0.3) is 0 Å². The molecule has 1 fully saturated rings. The van der Waals surface area contributed by atoms with Gasteiger partial charge in [0.2, 0.25) is 0 Å². The number of hydrogen-bond acceptors (Lipinski definition) is 2. The van der Waals surface area contributed by atoms with Crippen molar-refractivity contribution in [3.63, 3.8) is 0 Å². The van der Waals surface area contributed by atoms with E-state index in [1.54, 1.807) is 0 Å². The summed E-state index contributed by atoms with van der Waals surface area (Å²) in [7, 11) is 0. The van der Waals surface area contributed by atoms with Gasteiger partial charge in [0.15, 0.2) is 0 Å². The second kappa shape index (κ2) is 6.74. The van der Waals surface area contributed by atoms with Crippen LogP contribution >= 0.6 is 43.6 Å². The number of rotatable bonds is 6. The van der Waals surface area contributed by atoms with Gasteiger partial charge in [0.1, 0.15) is 0 Å². The van der Waals surface area contributed by atoms with Crippen LogP contribution in [0.4, 0.5) is 4.79 Å². The third-order valence-corrected chi connectivity index (χ3v) is 9.67. The smallest absolute Gasteiger partial charge is 0.325 e. The lowest BCUT2D eigenvalue weighted by atomic mass is 10.2. The lowest BCUT2D eigenvalue weighted by molar-refractivity contribution is 0.216. The Labute approximate surface area is 123 Å². The summed E-state index contributed by atoms with van der Waals surface area (Å²) in [5, 5.41) is 2.80. The van der Waals surface area contributed by atoms with Gasteiger partial charge in [-0.2, -0.15) is 0 Å². The highest BCUT2D eigenvalue weighted by atomic mass is 127. The molecule has 1 saturated heterocycles. The largest absolute Gasteiger partial charge is 0.416 e. The van der Waals surface area contributed by atoms with Gasteiger partial charge in [-0.1, -0.05) is 56.9 Å². The molecule has 0 bridgehead atoms. The molecule has 1 atom stereocenters. The van der Waals surface area contributed by atoms with Gasteiger partial charge >= 0.3 is 9.34 Å². The Hall–Kier alpha value is 0.907. The Morgan fingerprint density at radius 1 is 1.56 bits per heavy atom. The van der Waals surface area contributed by atoms with Crippen molar-refractivity contribution in [1.29, 1.82) is 0 Å². The fourth-order valence-electron chi connectivity index (χ4n) is 1.88. The molecule has 0 aliphatic carbocycles. The molecule has 0 aromatic carbocycles. The van der Waals surface area contributed by atoms with Gasteiger partial charge in [-0.05, 0) is 18.4 Å². The highest BCUT2D eigenvalue weighted by Gasteiger charge is 2.35. The maximum atomic E-state index is 11.4. The Bertz CT molecular complexity index is 248. The molecule has 94 valence electrons. The molecule has 0 radical (unpaired) electrons. The minimum Gasteiger partial charge on any atom is -0.416 e. The molecule has 7 heteroatoms. The van der Waals surface area contributed by atoms with E-state index in [1.165, 1.54) is 0 Å². The zero-order valence-electron chi connectivity index (χ0n) is 9.38. The number of amides is 2. The molecular weight excluding hydrogens is 450 g/mol. The fourth-order valence-corrected chi connectivity index (χ4v) is 6.73. The standard InChI is InChI=1S/C9H18I2N2O2Si/c1-2-3-8(16(10,11)15)4-6-13-7-5-12-9(13)14/h8,15H,2-7H2,1H3,(H,12,14). The van der Waals surface area contributed by atoms with E-state index < -0.39 is 3.31 Å². The van der Waals surface area contributed by atoms with E-state index in [2.05, 4.69) is 55.8 Å². The van der Waals surface area contributed by atoms with Gasteiger partial charge in [0, 0.05) is 19.6 Å². The first kappa shape index (κ1) is 15.0. The predicted octanol–water partition coefficient (Wildman–Crippen LogP) is 2.37. The first-order chi connectivity index (χ1) is 7.45. The molecule has 0 spiro atoms. The Morgan fingerprint density at radius 3 is 2.69 bits per heavy atom. The molecule has 1 unspecified atom stereocenters. The van der Waals surface area contributed by atoms with Crippen LogP contribution in [-0.4, -0.2) is 38.7 Å². The van der Waals surface area contributed by atoms with Crippen molar-refractivity contribution in [2.45, 2.75) is 31.7 Å².